The number of hydrogen-bond donors (Lipinski definition) is 1. The summed E-state index contributed by atoms with van der Waals surface area (Å²) in [5.41, 5.74) is 2.54. The summed E-state index contributed by atoms with van der Waals surface area (Å²) in [6.45, 7) is 0. The SMILES string of the molecule is O=C(O)c1ccc2scc(-c3ccccc3)c2c1. The summed E-state index contributed by atoms with van der Waals surface area (Å²) in [6, 6.07) is 15.3. The summed E-state index contributed by atoms with van der Waals surface area (Å²) < 4.78 is 1.11. The van der Waals surface area contributed by atoms with Crippen LogP contribution in [0.15, 0.2) is 53.9 Å². The molecule has 0 atom stereocenters. The van der Waals surface area contributed by atoms with Crippen molar-refractivity contribution >= 4 is 27.4 Å². The van der Waals surface area contributed by atoms with E-state index in [1.807, 2.05) is 36.4 Å². The van der Waals surface area contributed by atoms with E-state index < -0.39 is 5.97 Å². The largest absolute Gasteiger partial charge is 0.478 e. The first-order valence-electron chi connectivity index (χ1n) is 5.55. The number of carboxylic acids is 1. The molecule has 0 saturated carbocycles. The number of hydrogen-bond acceptors (Lipinski definition) is 2. The molecule has 0 aliphatic carbocycles. The lowest BCUT2D eigenvalue weighted by molar-refractivity contribution is 0.0697. The average molecular weight is 254 g/mol. The Balaban J connectivity index is 2.24. The lowest BCUT2D eigenvalue weighted by Gasteiger charge is -2.00. The zero-order valence-electron chi connectivity index (χ0n) is 9.46. The third-order valence-corrected chi connectivity index (χ3v) is 3.87. The van der Waals surface area contributed by atoms with Crippen LogP contribution >= 0.6 is 11.3 Å². The monoisotopic (exact) mass is 254 g/mol. The summed E-state index contributed by atoms with van der Waals surface area (Å²) in [7, 11) is 0. The van der Waals surface area contributed by atoms with Crippen molar-refractivity contribution in [3.05, 3.63) is 59.5 Å². The fraction of sp³-hybridized carbons (Fsp3) is 0. The van der Waals surface area contributed by atoms with Crippen molar-refractivity contribution in [1.29, 1.82) is 0 Å². The summed E-state index contributed by atoms with van der Waals surface area (Å²) in [6.07, 6.45) is 0. The molecule has 88 valence electrons. The second-order valence-electron chi connectivity index (χ2n) is 4.03. The first-order chi connectivity index (χ1) is 8.75. The Bertz CT molecular complexity index is 714. The van der Waals surface area contributed by atoms with Gasteiger partial charge in [0.25, 0.3) is 0 Å². The van der Waals surface area contributed by atoms with E-state index in [0.29, 0.717) is 5.56 Å². The smallest absolute Gasteiger partial charge is 0.335 e. The minimum absolute atomic E-state index is 0.332. The number of rotatable bonds is 2. The first-order valence-corrected chi connectivity index (χ1v) is 6.43. The van der Waals surface area contributed by atoms with Crippen LogP contribution in [0.25, 0.3) is 21.2 Å². The standard InChI is InChI=1S/C15H10O2S/c16-15(17)11-6-7-14-12(8-11)13(9-18-14)10-4-2-1-3-5-10/h1-9H,(H,16,17). The molecule has 0 fully saturated rings. The Kier molecular flexibility index (Phi) is 2.61. The molecule has 0 saturated heterocycles. The topological polar surface area (TPSA) is 37.3 Å². The van der Waals surface area contributed by atoms with Crippen LogP contribution < -0.4 is 0 Å². The number of carboxylic acid groups (broad SMARTS) is 1. The van der Waals surface area contributed by atoms with Gasteiger partial charge in [-0.15, -0.1) is 11.3 Å². The maximum Gasteiger partial charge on any atom is 0.335 e. The zero-order chi connectivity index (χ0) is 12.5. The van der Waals surface area contributed by atoms with E-state index in [4.69, 9.17) is 5.11 Å². The van der Waals surface area contributed by atoms with Gasteiger partial charge in [-0.1, -0.05) is 30.3 Å². The molecular formula is C15H10O2S. The molecule has 0 radical (unpaired) electrons. The highest BCUT2D eigenvalue weighted by Gasteiger charge is 2.09. The Morgan fingerprint density at radius 3 is 2.56 bits per heavy atom. The number of aromatic carboxylic acids is 1. The second kappa shape index (κ2) is 4.27. The van der Waals surface area contributed by atoms with Gasteiger partial charge in [-0.2, -0.15) is 0 Å². The van der Waals surface area contributed by atoms with Gasteiger partial charge in [-0.25, -0.2) is 4.79 Å². The van der Waals surface area contributed by atoms with Gasteiger partial charge in [0.2, 0.25) is 0 Å². The Hall–Kier alpha value is -2.13. The van der Waals surface area contributed by atoms with Crippen molar-refractivity contribution in [2.75, 3.05) is 0 Å². The zero-order valence-corrected chi connectivity index (χ0v) is 10.3. The number of carbonyl (C=O) groups is 1. The van der Waals surface area contributed by atoms with E-state index in [-0.39, 0.29) is 0 Å². The number of thiophene rings is 1. The molecule has 18 heavy (non-hydrogen) atoms. The van der Waals surface area contributed by atoms with Crippen molar-refractivity contribution in [3.8, 4) is 11.1 Å². The van der Waals surface area contributed by atoms with Crippen LogP contribution in [-0.2, 0) is 0 Å². The quantitative estimate of drug-likeness (QED) is 0.741. The third-order valence-electron chi connectivity index (χ3n) is 2.91. The van der Waals surface area contributed by atoms with Crippen molar-refractivity contribution in [2.24, 2.45) is 0 Å². The van der Waals surface area contributed by atoms with Gasteiger partial charge < -0.3 is 5.11 Å². The molecule has 0 unspecified atom stereocenters. The molecular weight excluding hydrogens is 244 g/mol. The highest BCUT2D eigenvalue weighted by atomic mass is 32.1. The molecule has 2 aromatic carbocycles. The van der Waals surface area contributed by atoms with E-state index in [2.05, 4.69) is 5.38 Å². The van der Waals surface area contributed by atoms with E-state index in [9.17, 15) is 4.79 Å². The van der Waals surface area contributed by atoms with Crippen molar-refractivity contribution in [3.63, 3.8) is 0 Å². The van der Waals surface area contributed by atoms with Gasteiger partial charge >= 0.3 is 5.97 Å². The molecule has 0 bridgehead atoms. The molecule has 0 amide bonds. The van der Waals surface area contributed by atoms with Gasteiger partial charge in [0.15, 0.2) is 0 Å². The lowest BCUT2D eigenvalue weighted by atomic mass is 10.0. The summed E-state index contributed by atoms with van der Waals surface area (Å²) >= 11 is 1.64. The van der Waals surface area contributed by atoms with Crippen LogP contribution in [0, 0.1) is 0 Å². The predicted molar refractivity (Wildman–Crippen MR) is 74.2 cm³/mol. The van der Waals surface area contributed by atoms with Gasteiger partial charge in [0, 0.05) is 15.6 Å². The van der Waals surface area contributed by atoms with E-state index in [1.165, 1.54) is 0 Å². The maximum absolute atomic E-state index is 11.0. The average Bonchev–Trinajstić information content (AvgIpc) is 2.82. The van der Waals surface area contributed by atoms with Gasteiger partial charge in [-0.05, 0) is 29.1 Å². The molecule has 3 rings (SSSR count). The Morgan fingerprint density at radius 1 is 1.06 bits per heavy atom. The second-order valence-corrected chi connectivity index (χ2v) is 4.94. The van der Waals surface area contributed by atoms with Crippen molar-refractivity contribution < 1.29 is 9.90 Å². The van der Waals surface area contributed by atoms with E-state index in [1.54, 1.807) is 23.5 Å². The van der Waals surface area contributed by atoms with Gasteiger partial charge in [-0.3, -0.25) is 0 Å². The lowest BCUT2D eigenvalue weighted by Crippen LogP contribution is -1.94. The summed E-state index contributed by atoms with van der Waals surface area (Å²) in [5, 5.41) is 12.1. The molecule has 1 heterocycles. The van der Waals surface area contributed by atoms with Crippen LogP contribution in [0.2, 0.25) is 0 Å². The van der Waals surface area contributed by atoms with E-state index in [0.717, 1.165) is 21.2 Å². The minimum Gasteiger partial charge on any atom is -0.478 e. The van der Waals surface area contributed by atoms with Crippen molar-refractivity contribution in [1.82, 2.24) is 0 Å². The third kappa shape index (κ3) is 1.79. The molecule has 1 N–H and O–H groups in total. The number of benzene rings is 2. The number of fused-ring (bicyclic) bond motifs is 1. The normalized spacial score (nSPS) is 10.7. The Morgan fingerprint density at radius 2 is 1.83 bits per heavy atom. The van der Waals surface area contributed by atoms with Crippen LogP contribution in [0.5, 0.6) is 0 Å². The fourth-order valence-corrected chi connectivity index (χ4v) is 2.95. The van der Waals surface area contributed by atoms with Crippen LogP contribution in [-0.4, -0.2) is 11.1 Å². The summed E-state index contributed by atoms with van der Waals surface area (Å²) in [4.78, 5) is 11.0. The molecule has 0 aliphatic heterocycles. The van der Waals surface area contributed by atoms with E-state index >= 15 is 0 Å². The van der Waals surface area contributed by atoms with Crippen LogP contribution in [0.3, 0.4) is 0 Å². The van der Waals surface area contributed by atoms with Crippen LogP contribution in [0.4, 0.5) is 0 Å². The Labute approximate surface area is 108 Å². The minimum atomic E-state index is -0.887. The molecule has 2 nitrogen and oxygen atoms in total. The van der Waals surface area contributed by atoms with Crippen LogP contribution in [0.1, 0.15) is 10.4 Å². The first kappa shape index (κ1) is 11.0. The molecule has 1 aromatic heterocycles. The maximum atomic E-state index is 11.0. The molecule has 3 aromatic rings. The molecule has 3 heteroatoms. The molecule has 0 aliphatic rings. The highest BCUT2D eigenvalue weighted by molar-refractivity contribution is 7.17. The molecule has 0 spiro atoms. The summed E-state index contributed by atoms with van der Waals surface area (Å²) in [5.74, 6) is -0.887. The predicted octanol–water partition coefficient (Wildman–Crippen LogP) is 4.27. The highest BCUT2D eigenvalue weighted by Crippen LogP contribution is 2.34. The van der Waals surface area contributed by atoms with Gasteiger partial charge in [0.05, 0.1) is 5.56 Å². The van der Waals surface area contributed by atoms with Gasteiger partial charge in [0.1, 0.15) is 0 Å². The fourth-order valence-electron chi connectivity index (χ4n) is 2.00. The van der Waals surface area contributed by atoms with Crippen molar-refractivity contribution in [2.45, 2.75) is 0 Å².